The molecule has 0 bridgehead atoms. The molecule has 0 aliphatic carbocycles. The highest BCUT2D eigenvalue weighted by atomic mass is 32.2. The molecule has 0 aromatic carbocycles. The van der Waals surface area contributed by atoms with Crippen LogP contribution in [0.25, 0.3) is 11.5 Å². The van der Waals surface area contributed by atoms with E-state index in [1.165, 1.54) is 10.5 Å². The molecule has 1 aliphatic heterocycles. The van der Waals surface area contributed by atoms with Gasteiger partial charge in [0.2, 0.25) is 15.9 Å². The Labute approximate surface area is 159 Å². The van der Waals surface area contributed by atoms with Gasteiger partial charge in [-0.15, -0.1) is 0 Å². The molecule has 0 unspecified atom stereocenters. The molecule has 144 valence electrons. The van der Waals surface area contributed by atoms with Crippen LogP contribution in [0, 0.1) is 6.92 Å². The number of amides is 1. The van der Waals surface area contributed by atoms with Gasteiger partial charge in [-0.2, -0.15) is 4.31 Å². The zero-order valence-electron chi connectivity index (χ0n) is 15.5. The molecule has 1 amide bonds. The molecule has 3 rings (SSSR count). The van der Waals surface area contributed by atoms with Gasteiger partial charge in [-0.25, -0.2) is 18.4 Å². The van der Waals surface area contributed by atoms with Gasteiger partial charge in [0.05, 0.1) is 11.9 Å². The number of nitrogens with zero attached hydrogens (tertiary/aromatic N) is 5. The van der Waals surface area contributed by atoms with Gasteiger partial charge in [0.1, 0.15) is 10.6 Å². The number of aromatic nitrogens is 3. The average Bonchev–Trinajstić information content (AvgIpc) is 2.68. The van der Waals surface area contributed by atoms with Crippen molar-refractivity contribution in [3.8, 4) is 11.5 Å². The van der Waals surface area contributed by atoms with E-state index in [-0.39, 0.29) is 23.9 Å². The molecule has 27 heavy (non-hydrogen) atoms. The molecule has 0 radical (unpaired) electrons. The van der Waals surface area contributed by atoms with Crippen molar-refractivity contribution in [2.75, 3.05) is 26.2 Å². The summed E-state index contributed by atoms with van der Waals surface area (Å²) < 4.78 is 27.4. The largest absolute Gasteiger partial charge is 0.340 e. The highest BCUT2D eigenvalue weighted by Crippen LogP contribution is 2.22. The lowest BCUT2D eigenvalue weighted by Gasteiger charge is -2.34. The van der Waals surface area contributed by atoms with Gasteiger partial charge < -0.3 is 4.90 Å². The van der Waals surface area contributed by atoms with Crippen LogP contribution in [0.5, 0.6) is 0 Å². The Balaban J connectivity index is 1.77. The van der Waals surface area contributed by atoms with Crippen LogP contribution in [-0.2, 0) is 14.8 Å². The summed E-state index contributed by atoms with van der Waals surface area (Å²) in [7, 11) is -3.70. The van der Waals surface area contributed by atoms with Crippen LogP contribution in [0.1, 0.15) is 25.5 Å². The highest BCUT2D eigenvalue weighted by molar-refractivity contribution is 7.89. The minimum absolute atomic E-state index is 0.0776. The van der Waals surface area contributed by atoms with Gasteiger partial charge in [-0.3, -0.25) is 9.78 Å². The first kappa shape index (κ1) is 19.4. The molecule has 0 spiro atoms. The minimum atomic E-state index is -3.70. The standard InChI is InChI=1S/C18H23N5O3S/c1-3-6-17(24)22-9-11-23(12-10-22)27(25,26)16-13-20-18(21-14(16)2)15-7-4-5-8-19-15/h4-5,7-8,13H,3,6,9-12H2,1-2H3. The van der Waals surface area contributed by atoms with Crippen molar-refractivity contribution in [3.05, 3.63) is 36.3 Å². The van der Waals surface area contributed by atoms with Crippen molar-refractivity contribution >= 4 is 15.9 Å². The maximum atomic E-state index is 13.0. The number of hydrogen-bond acceptors (Lipinski definition) is 6. The predicted molar refractivity (Wildman–Crippen MR) is 100 cm³/mol. The summed E-state index contributed by atoms with van der Waals surface area (Å²) in [6, 6.07) is 5.39. The van der Waals surface area contributed by atoms with E-state index in [1.54, 1.807) is 30.2 Å². The number of piperazine rings is 1. The summed E-state index contributed by atoms with van der Waals surface area (Å²) >= 11 is 0. The summed E-state index contributed by atoms with van der Waals surface area (Å²) in [6.07, 6.45) is 4.26. The smallest absolute Gasteiger partial charge is 0.246 e. The maximum absolute atomic E-state index is 13.0. The number of carbonyl (C=O) groups excluding carboxylic acids is 1. The van der Waals surface area contributed by atoms with Crippen molar-refractivity contribution in [3.63, 3.8) is 0 Å². The van der Waals surface area contributed by atoms with E-state index < -0.39 is 10.0 Å². The third kappa shape index (κ3) is 4.14. The number of pyridine rings is 1. The van der Waals surface area contributed by atoms with E-state index in [9.17, 15) is 13.2 Å². The van der Waals surface area contributed by atoms with Crippen molar-refractivity contribution in [2.24, 2.45) is 0 Å². The summed E-state index contributed by atoms with van der Waals surface area (Å²) in [4.78, 5) is 26.5. The molecule has 1 aliphatic rings. The zero-order valence-corrected chi connectivity index (χ0v) is 16.3. The lowest BCUT2D eigenvalue weighted by atomic mass is 10.2. The van der Waals surface area contributed by atoms with Crippen LogP contribution < -0.4 is 0 Å². The normalized spacial score (nSPS) is 15.7. The van der Waals surface area contributed by atoms with Crippen LogP contribution in [0.3, 0.4) is 0 Å². The monoisotopic (exact) mass is 389 g/mol. The van der Waals surface area contributed by atoms with E-state index >= 15 is 0 Å². The molecular weight excluding hydrogens is 366 g/mol. The Morgan fingerprint density at radius 2 is 1.89 bits per heavy atom. The van der Waals surface area contributed by atoms with Crippen molar-refractivity contribution in [1.29, 1.82) is 0 Å². The van der Waals surface area contributed by atoms with E-state index in [0.717, 1.165) is 6.42 Å². The molecule has 2 aromatic heterocycles. The van der Waals surface area contributed by atoms with E-state index in [1.807, 2.05) is 13.0 Å². The van der Waals surface area contributed by atoms with Gasteiger partial charge in [0, 0.05) is 38.8 Å². The fraction of sp³-hybridized carbons (Fsp3) is 0.444. The van der Waals surface area contributed by atoms with Crippen molar-refractivity contribution < 1.29 is 13.2 Å². The van der Waals surface area contributed by atoms with Crippen LogP contribution >= 0.6 is 0 Å². The molecular formula is C18H23N5O3S. The average molecular weight is 389 g/mol. The van der Waals surface area contributed by atoms with Crippen LogP contribution in [0.2, 0.25) is 0 Å². The molecule has 0 saturated carbocycles. The SMILES string of the molecule is CCCC(=O)N1CCN(S(=O)(=O)c2cnc(-c3ccccn3)nc2C)CC1. The minimum Gasteiger partial charge on any atom is -0.340 e. The molecule has 2 aromatic rings. The predicted octanol–water partition coefficient (Wildman–Crippen LogP) is 1.48. The van der Waals surface area contributed by atoms with Crippen molar-refractivity contribution in [1.82, 2.24) is 24.2 Å². The highest BCUT2D eigenvalue weighted by Gasteiger charge is 2.31. The van der Waals surface area contributed by atoms with Gasteiger partial charge in [0.15, 0.2) is 5.82 Å². The summed E-state index contributed by atoms with van der Waals surface area (Å²) in [6.45, 7) is 4.98. The van der Waals surface area contributed by atoms with Crippen LogP contribution in [-0.4, -0.2) is 64.7 Å². The Bertz CT molecular complexity index is 910. The van der Waals surface area contributed by atoms with Gasteiger partial charge in [-0.05, 0) is 25.5 Å². The number of carbonyl (C=O) groups is 1. The van der Waals surface area contributed by atoms with E-state index in [4.69, 9.17) is 0 Å². The molecule has 8 nitrogen and oxygen atoms in total. The van der Waals surface area contributed by atoms with Crippen molar-refractivity contribution in [2.45, 2.75) is 31.6 Å². The third-order valence-corrected chi connectivity index (χ3v) is 6.50. The fourth-order valence-electron chi connectivity index (χ4n) is 3.02. The van der Waals surface area contributed by atoms with Gasteiger partial charge in [0.25, 0.3) is 0 Å². The maximum Gasteiger partial charge on any atom is 0.246 e. The first-order valence-electron chi connectivity index (χ1n) is 8.96. The van der Waals surface area contributed by atoms with E-state index in [2.05, 4.69) is 15.0 Å². The van der Waals surface area contributed by atoms with Gasteiger partial charge in [-0.1, -0.05) is 13.0 Å². The fourth-order valence-corrected chi connectivity index (χ4v) is 4.54. The van der Waals surface area contributed by atoms with Crippen LogP contribution in [0.4, 0.5) is 0 Å². The molecule has 0 atom stereocenters. The Morgan fingerprint density at radius 1 is 1.15 bits per heavy atom. The molecule has 0 N–H and O–H groups in total. The molecule has 1 fully saturated rings. The Hall–Kier alpha value is -2.39. The number of sulfonamides is 1. The van der Waals surface area contributed by atoms with Gasteiger partial charge >= 0.3 is 0 Å². The Kier molecular flexibility index (Phi) is 5.81. The number of rotatable bonds is 5. The number of aryl methyl sites for hydroxylation is 1. The summed E-state index contributed by atoms with van der Waals surface area (Å²) in [5, 5.41) is 0. The zero-order chi connectivity index (χ0) is 19.4. The second-order valence-electron chi connectivity index (χ2n) is 6.39. The van der Waals surface area contributed by atoms with Crippen LogP contribution in [0.15, 0.2) is 35.5 Å². The second-order valence-corrected chi connectivity index (χ2v) is 8.30. The molecule has 1 saturated heterocycles. The first-order valence-corrected chi connectivity index (χ1v) is 10.4. The summed E-state index contributed by atoms with van der Waals surface area (Å²) in [5.74, 6) is 0.468. The second kappa shape index (κ2) is 8.10. The lowest BCUT2D eigenvalue weighted by Crippen LogP contribution is -2.50. The molecule has 9 heteroatoms. The summed E-state index contributed by atoms with van der Waals surface area (Å²) in [5.41, 5.74) is 0.975. The topological polar surface area (TPSA) is 96.4 Å². The Morgan fingerprint density at radius 3 is 2.48 bits per heavy atom. The van der Waals surface area contributed by atoms with E-state index in [0.29, 0.717) is 36.7 Å². The first-order chi connectivity index (χ1) is 12.9. The number of hydrogen-bond donors (Lipinski definition) is 0. The third-order valence-electron chi connectivity index (χ3n) is 4.50. The molecule has 3 heterocycles. The quantitative estimate of drug-likeness (QED) is 0.768. The lowest BCUT2D eigenvalue weighted by molar-refractivity contribution is -0.132.